The topological polar surface area (TPSA) is 24.9 Å². The molecule has 2 nitrogen and oxygen atoms in total. The van der Waals surface area contributed by atoms with Gasteiger partial charge in [0.05, 0.1) is 6.04 Å². The molecule has 0 radical (unpaired) electrons. The smallest absolute Gasteiger partial charge is 0.0594 e. The van der Waals surface area contributed by atoms with Crippen LogP contribution in [0.5, 0.6) is 0 Å². The average molecular weight is 282 g/mol. The molecular formula is C19H26N2. The van der Waals surface area contributed by atoms with Gasteiger partial charge in [0.25, 0.3) is 0 Å². The monoisotopic (exact) mass is 282 g/mol. The maximum atomic E-state index is 4.31. The minimum atomic E-state index is 0.222. The van der Waals surface area contributed by atoms with Crippen LogP contribution >= 0.6 is 0 Å². The predicted octanol–water partition coefficient (Wildman–Crippen LogP) is 4.60. The van der Waals surface area contributed by atoms with Gasteiger partial charge in [0, 0.05) is 12.4 Å². The molecule has 0 aliphatic carbocycles. The zero-order chi connectivity index (χ0) is 15.2. The lowest BCUT2D eigenvalue weighted by Gasteiger charge is -2.21. The van der Waals surface area contributed by atoms with Gasteiger partial charge in [-0.05, 0) is 54.1 Å². The van der Waals surface area contributed by atoms with Crippen molar-refractivity contribution in [1.82, 2.24) is 10.3 Å². The Kier molecular flexibility index (Phi) is 5.51. The normalized spacial score (nSPS) is 12.6. The molecule has 1 heterocycles. The van der Waals surface area contributed by atoms with Crippen LogP contribution in [0.15, 0.2) is 42.7 Å². The molecule has 0 amide bonds. The fraction of sp³-hybridized carbons (Fsp3) is 0.421. The van der Waals surface area contributed by atoms with E-state index in [-0.39, 0.29) is 6.04 Å². The van der Waals surface area contributed by atoms with Crippen molar-refractivity contribution in [2.45, 2.75) is 46.1 Å². The quantitative estimate of drug-likeness (QED) is 0.837. The van der Waals surface area contributed by atoms with E-state index in [2.05, 4.69) is 68.3 Å². The number of nitrogens with zero attached hydrogens (tertiary/aromatic N) is 1. The first-order chi connectivity index (χ1) is 10.1. The first kappa shape index (κ1) is 15.7. The summed E-state index contributed by atoms with van der Waals surface area (Å²) in [5.41, 5.74) is 5.25. The summed E-state index contributed by atoms with van der Waals surface area (Å²) in [6, 6.07) is 11.3. The van der Waals surface area contributed by atoms with E-state index in [9.17, 15) is 0 Å². The fourth-order valence-electron chi connectivity index (χ4n) is 2.55. The Balaban J connectivity index is 2.33. The molecule has 2 aromatic rings. The van der Waals surface area contributed by atoms with Crippen molar-refractivity contribution in [3.8, 4) is 0 Å². The molecule has 0 saturated heterocycles. The highest BCUT2D eigenvalue weighted by Crippen LogP contribution is 2.26. The van der Waals surface area contributed by atoms with Crippen molar-refractivity contribution in [3.05, 3.63) is 65.0 Å². The standard InChI is InChI=1S/C19H26N2/c1-5-11-21-19(18-13-20-12-10-15(18)4)17-8-6-16(7-9-17)14(2)3/h6-10,12-14,19,21H,5,11H2,1-4H3. The lowest BCUT2D eigenvalue weighted by Crippen LogP contribution is -2.24. The third-order valence-electron chi connectivity index (χ3n) is 3.93. The van der Waals surface area contributed by atoms with Crippen LogP contribution in [0.4, 0.5) is 0 Å². The van der Waals surface area contributed by atoms with E-state index in [1.165, 1.54) is 22.3 Å². The van der Waals surface area contributed by atoms with Crippen LogP contribution < -0.4 is 5.32 Å². The molecule has 0 aliphatic rings. The van der Waals surface area contributed by atoms with Crippen LogP contribution in [0.3, 0.4) is 0 Å². The van der Waals surface area contributed by atoms with Crippen molar-refractivity contribution in [2.75, 3.05) is 6.54 Å². The van der Waals surface area contributed by atoms with E-state index in [1.54, 1.807) is 0 Å². The summed E-state index contributed by atoms with van der Waals surface area (Å²) in [5.74, 6) is 0.571. The first-order valence-electron chi connectivity index (χ1n) is 7.87. The number of benzene rings is 1. The van der Waals surface area contributed by atoms with Crippen LogP contribution in [0, 0.1) is 6.92 Å². The summed E-state index contributed by atoms with van der Waals surface area (Å²) in [4.78, 5) is 4.31. The Hall–Kier alpha value is -1.67. The van der Waals surface area contributed by atoms with Gasteiger partial charge in [-0.15, -0.1) is 0 Å². The maximum absolute atomic E-state index is 4.31. The Morgan fingerprint density at radius 3 is 2.29 bits per heavy atom. The zero-order valence-corrected chi connectivity index (χ0v) is 13.6. The maximum Gasteiger partial charge on any atom is 0.0594 e. The molecule has 0 bridgehead atoms. The van der Waals surface area contributed by atoms with E-state index in [1.807, 2.05) is 12.4 Å². The van der Waals surface area contributed by atoms with Crippen molar-refractivity contribution in [1.29, 1.82) is 0 Å². The minimum Gasteiger partial charge on any atom is -0.306 e. The van der Waals surface area contributed by atoms with E-state index in [4.69, 9.17) is 0 Å². The third kappa shape index (κ3) is 3.92. The fourth-order valence-corrected chi connectivity index (χ4v) is 2.55. The lowest BCUT2D eigenvalue weighted by molar-refractivity contribution is 0.594. The number of aryl methyl sites for hydroxylation is 1. The summed E-state index contributed by atoms with van der Waals surface area (Å²) in [5, 5.41) is 3.65. The highest BCUT2D eigenvalue weighted by atomic mass is 14.9. The second kappa shape index (κ2) is 7.37. The molecule has 21 heavy (non-hydrogen) atoms. The van der Waals surface area contributed by atoms with Gasteiger partial charge in [-0.3, -0.25) is 4.98 Å². The van der Waals surface area contributed by atoms with Crippen LogP contribution in [-0.4, -0.2) is 11.5 Å². The van der Waals surface area contributed by atoms with Gasteiger partial charge >= 0.3 is 0 Å². The number of pyridine rings is 1. The lowest BCUT2D eigenvalue weighted by atomic mass is 9.94. The summed E-state index contributed by atoms with van der Waals surface area (Å²) in [7, 11) is 0. The SMILES string of the molecule is CCCNC(c1ccc(C(C)C)cc1)c1cnccc1C. The summed E-state index contributed by atoms with van der Waals surface area (Å²) < 4.78 is 0. The van der Waals surface area contributed by atoms with Crippen molar-refractivity contribution < 1.29 is 0 Å². The Morgan fingerprint density at radius 1 is 1.05 bits per heavy atom. The van der Waals surface area contributed by atoms with Crippen molar-refractivity contribution in [2.24, 2.45) is 0 Å². The molecule has 0 spiro atoms. The van der Waals surface area contributed by atoms with Crippen LogP contribution in [0.2, 0.25) is 0 Å². The Morgan fingerprint density at radius 2 is 1.71 bits per heavy atom. The molecule has 2 rings (SSSR count). The number of rotatable bonds is 6. The molecule has 0 fully saturated rings. The van der Waals surface area contributed by atoms with Crippen molar-refractivity contribution in [3.63, 3.8) is 0 Å². The minimum absolute atomic E-state index is 0.222. The molecule has 0 aliphatic heterocycles. The zero-order valence-electron chi connectivity index (χ0n) is 13.6. The number of aromatic nitrogens is 1. The molecular weight excluding hydrogens is 256 g/mol. The molecule has 112 valence electrons. The van der Waals surface area contributed by atoms with Gasteiger partial charge < -0.3 is 5.32 Å². The van der Waals surface area contributed by atoms with Gasteiger partial charge in [0.2, 0.25) is 0 Å². The third-order valence-corrected chi connectivity index (χ3v) is 3.93. The number of nitrogens with one attached hydrogen (secondary N) is 1. The second-order valence-electron chi connectivity index (χ2n) is 5.94. The molecule has 1 aromatic carbocycles. The highest BCUT2D eigenvalue weighted by Gasteiger charge is 2.15. The number of hydrogen-bond acceptors (Lipinski definition) is 2. The summed E-state index contributed by atoms with van der Waals surface area (Å²) in [6.07, 6.45) is 4.97. The highest BCUT2D eigenvalue weighted by molar-refractivity contribution is 5.36. The van der Waals surface area contributed by atoms with Gasteiger partial charge in [-0.2, -0.15) is 0 Å². The van der Waals surface area contributed by atoms with E-state index in [0.717, 1.165) is 13.0 Å². The molecule has 2 heteroatoms. The Labute approximate surface area is 128 Å². The molecule has 1 atom stereocenters. The summed E-state index contributed by atoms with van der Waals surface area (Å²) >= 11 is 0. The van der Waals surface area contributed by atoms with Gasteiger partial charge in [-0.25, -0.2) is 0 Å². The van der Waals surface area contributed by atoms with Crippen LogP contribution in [-0.2, 0) is 0 Å². The Bertz CT molecular complexity index is 558. The van der Waals surface area contributed by atoms with Crippen molar-refractivity contribution >= 4 is 0 Å². The van der Waals surface area contributed by atoms with Gasteiger partial charge in [0.1, 0.15) is 0 Å². The number of hydrogen-bond donors (Lipinski definition) is 1. The average Bonchev–Trinajstić information content (AvgIpc) is 2.50. The molecule has 0 saturated carbocycles. The van der Waals surface area contributed by atoms with Gasteiger partial charge in [0.15, 0.2) is 0 Å². The van der Waals surface area contributed by atoms with Crippen LogP contribution in [0.1, 0.15) is 61.4 Å². The summed E-state index contributed by atoms with van der Waals surface area (Å²) in [6.45, 7) is 9.81. The molecule has 1 unspecified atom stereocenters. The molecule has 1 aromatic heterocycles. The predicted molar refractivity (Wildman–Crippen MR) is 89.6 cm³/mol. The van der Waals surface area contributed by atoms with E-state index >= 15 is 0 Å². The first-order valence-corrected chi connectivity index (χ1v) is 7.87. The van der Waals surface area contributed by atoms with Gasteiger partial charge in [-0.1, -0.05) is 45.0 Å². The van der Waals surface area contributed by atoms with E-state index < -0.39 is 0 Å². The molecule has 1 N–H and O–H groups in total. The van der Waals surface area contributed by atoms with Crippen LogP contribution in [0.25, 0.3) is 0 Å². The second-order valence-corrected chi connectivity index (χ2v) is 5.94. The largest absolute Gasteiger partial charge is 0.306 e. The van der Waals surface area contributed by atoms with E-state index in [0.29, 0.717) is 5.92 Å².